The molecule has 6 nitrogen and oxygen atoms in total. The topological polar surface area (TPSA) is 83.2 Å². The van der Waals surface area contributed by atoms with Crippen LogP contribution in [0.25, 0.3) is 0 Å². The number of carbonyl (C=O) groups is 1. The SMILES string of the molecule is CCN(CC[NH2+]C1=[NH+]c2ccccc2Oc2ccccc21)CC(C)(C)C(=O)[O-]. The molecule has 0 radical (unpaired) electrons. The van der Waals surface area contributed by atoms with Gasteiger partial charge < -0.3 is 14.6 Å². The number of para-hydroxylation sites is 3. The van der Waals surface area contributed by atoms with E-state index in [1.54, 1.807) is 13.8 Å². The third kappa shape index (κ3) is 4.58. The summed E-state index contributed by atoms with van der Waals surface area (Å²) in [5.41, 5.74) is 1.07. The molecule has 0 saturated heterocycles. The van der Waals surface area contributed by atoms with Crippen molar-refractivity contribution in [2.24, 2.45) is 5.41 Å². The maximum absolute atomic E-state index is 11.3. The van der Waals surface area contributed by atoms with Crippen molar-refractivity contribution in [3.05, 3.63) is 54.1 Å². The van der Waals surface area contributed by atoms with Gasteiger partial charge in [0.2, 0.25) is 0 Å². The van der Waals surface area contributed by atoms with Crippen LogP contribution in [0.3, 0.4) is 0 Å². The molecule has 1 aliphatic heterocycles. The summed E-state index contributed by atoms with van der Waals surface area (Å²) in [6.45, 7) is 8.27. The Morgan fingerprint density at radius 1 is 1.14 bits per heavy atom. The molecule has 6 heteroatoms. The van der Waals surface area contributed by atoms with Crippen LogP contribution in [0.15, 0.2) is 48.5 Å². The van der Waals surface area contributed by atoms with Crippen LogP contribution < -0.4 is 20.2 Å². The Labute approximate surface area is 165 Å². The van der Waals surface area contributed by atoms with Gasteiger partial charge in [0.05, 0.1) is 6.54 Å². The Morgan fingerprint density at radius 3 is 2.54 bits per heavy atom. The van der Waals surface area contributed by atoms with Crippen LogP contribution in [-0.4, -0.2) is 42.9 Å². The van der Waals surface area contributed by atoms with Gasteiger partial charge in [0.1, 0.15) is 11.3 Å². The molecule has 1 aliphatic rings. The molecule has 0 atom stereocenters. The first-order chi connectivity index (χ1) is 13.4. The van der Waals surface area contributed by atoms with Crippen molar-refractivity contribution >= 4 is 17.5 Å². The zero-order chi connectivity index (χ0) is 20.1. The van der Waals surface area contributed by atoms with Crippen LogP contribution in [0.1, 0.15) is 26.3 Å². The minimum absolute atomic E-state index is 0.463. The van der Waals surface area contributed by atoms with Crippen molar-refractivity contribution in [1.29, 1.82) is 0 Å². The number of hydrogen-bond acceptors (Lipinski definition) is 4. The Hall–Kier alpha value is -2.70. The molecule has 0 fully saturated rings. The third-order valence-electron chi connectivity index (χ3n) is 4.97. The molecule has 28 heavy (non-hydrogen) atoms. The smallest absolute Gasteiger partial charge is 0.375 e. The minimum atomic E-state index is -1.02. The number of nitrogens with zero attached hydrogens (tertiary/aromatic N) is 1. The minimum Gasteiger partial charge on any atom is -0.550 e. The van der Waals surface area contributed by atoms with Crippen molar-refractivity contribution < 1.29 is 24.9 Å². The molecule has 0 amide bonds. The average molecular weight is 382 g/mol. The first-order valence-corrected chi connectivity index (χ1v) is 9.68. The summed E-state index contributed by atoms with van der Waals surface area (Å²) in [4.78, 5) is 16.9. The number of amidine groups is 1. The van der Waals surface area contributed by atoms with Gasteiger partial charge in [0.25, 0.3) is 5.69 Å². The standard InChI is InChI=1S/C22H27N3O3/c1-4-25(15-22(2,3)21(26)27)14-13-23-20-16-9-5-7-11-18(16)28-19-12-8-6-10-17(19)24-20/h5-12H,4,13-15H2,1-3H3,(H,23,24)(H,26,27)/p+1. The van der Waals surface area contributed by atoms with E-state index in [9.17, 15) is 9.90 Å². The second-order valence-electron chi connectivity index (χ2n) is 7.67. The van der Waals surface area contributed by atoms with Gasteiger partial charge in [-0.25, -0.2) is 0 Å². The van der Waals surface area contributed by atoms with E-state index in [-0.39, 0.29) is 0 Å². The van der Waals surface area contributed by atoms with E-state index >= 15 is 0 Å². The van der Waals surface area contributed by atoms with E-state index in [0.29, 0.717) is 6.54 Å². The van der Waals surface area contributed by atoms with Crippen molar-refractivity contribution in [3.63, 3.8) is 0 Å². The Balaban J connectivity index is 1.74. The van der Waals surface area contributed by atoms with E-state index in [1.807, 2.05) is 55.5 Å². The predicted molar refractivity (Wildman–Crippen MR) is 105 cm³/mol. The maximum atomic E-state index is 11.3. The van der Waals surface area contributed by atoms with Crippen molar-refractivity contribution in [2.75, 3.05) is 26.2 Å². The summed E-state index contributed by atoms with van der Waals surface area (Å²) in [7, 11) is 0. The van der Waals surface area contributed by atoms with Gasteiger partial charge >= 0.3 is 5.84 Å². The average Bonchev–Trinajstić information content (AvgIpc) is 2.83. The fourth-order valence-corrected chi connectivity index (χ4v) is 3.29. The van der Waals surface area contributed by atoms with Crippen LogP contribution in [-0.2, 0) is 4.79 Å². The highest BCUT2D eigenvalue weighted by Crippen LogP contribution is 2.29. The predicted octanol–water partition coefficient (Wildman–Crippen LogP) is -0.387. The zero-order valence-corrected chi connectivity index (χ0v) is 16.7. The number of rotatable bonds is 7. The van der Waals surface area contributed by atoms with Crippen molar-refractivity contribution in [1.82, 2.24) is 4.90 Å². The first kappa shape index (κ1) is 20.0. The fourth-order valence-electron chi connectivity index (χ4n) is 3.29. The van der Waals surface area contributed by atoms with Gasteiger partial charge in [-0.3, -0.25) is 10.2 Å². The maximum Gasteiger partial charge on any atom is 0.375 e. The van der Waals surface area contributed by atoms with Gasteiger partial charge in [-0.05, 0) is 24.7 Å². The second-order valence-corrected chi connectivity index (χ2v) is 7.67. The van der Waals surface area contributed by atoms with E-state index in [4.69, 9.17) is 4.74 Å². The number of carboxylic acids is 1. The number of hydrogen-bond donors (Lipinski definition) is 2. The van der Waals surface area contributed by atoms with E-state index < -0.39 is 11.4 Å². The molecule has 0 spiro atoms. The van der Waals surface area contributed by atoms with E-state index in [1.165, 1.54) is 0 Å². The molecule has 3 rings (SSSR count). The number of likely N-dealkylation sites (N-methyl/N-ethyl adjacent to an activating group) is 1. The highest BCUT2D eigenvalue weighted by Gasteiger charge is 2.27. The molecule has 2 aromatic carbocycles. The van der Waals surface area contributed by atoms with Crippen LogP contribution in [0.4, 0.5) is 5.69 Å². The lowest BCUT2D eigenvalue weighted by atomic mass is 9.93. The molecule has 0 unspecified atom stereocenters. The molecule has 1 heterocycles. The molecule has 0 saturated carbocycles. The zero-order valence-electron chi connectivity index (χ0n) is 16.7. The molecule has 0 aromatic heterocycles. The fraction of sp³-hybridized carbons (Fsp3) is 0.364. The van der Waals surface area contributed by atoms with E-state index in [0.717, 1.165) is 48.2 Å². The lowest BCUT2D eigenvalue weighted by molar-refractivity contribution is -0.589. The van der Waals surface area contributed by atoms with Gasteiger partial charge in [-0.1, -0.05) is 45.0 Å². The first-order valence-electron chi connectivity index (χ1n) is 9.68. The quantitative estimate of drug-likeness (QED) is 0.683. The number of carboxylic acid groups (broad SMARTS) is 1. The number of aliphatic carboxylic acids is 1. The van der Waals surface area contributed by atoms with Crippen LogP contribution in [0.5, 0.6) is 11.5 Å². The van der Waals surface area contributed by atoms with E-state index in [2.05, 4.69) is 15.2 Å². The van der Waals surface area contributed by atoms with Gasteiger partial charge in [-0.2, -0.15) is 4.99 Å². The summed E-state index contributed by atoms with van der Waals surface area (Å²) in [5.74, 6) is 1.59. The number of nitrogens with two attached hydrogens (primary N) is 1. The Kier molecular flexibility index (Phi) is 6.11. The van der Waals surface area contributed by atoms with Gasteiger partial charge in [0, 0.05) is 30.5 Å². The number of fused-ring (bicyclic) bond motifs is 2. The number of nitrogens with one attached hydrogen (secondary N) is 1. The molecule has 0 bridgehead atoms. The Morgan fingerprint density at radius 2 is 1.82 bits per heavy atom. The molecule has 148 valence electrons. The molecular formula is C22H28N3O3+. The van der Waals surface area contributed by atoms with Crippen LogP contribution in [0, 0.1) is 5.41 Å². The largest absolute Gasteiger partial charge is 0.550 e. The van der Waals surface area contributed by atoms with Crippen molar-refractivity contribution in [3.8, 4) is 11.5 Å². The normalized spacial score (nSPS) is 13.2. The summed E-state index contributed by atoms with van der Waals surface area (Å²) in [6, 6.07) is 15.8. The molecular weight excluding hydrogens is 354 g/mol. The number of quaternary nitrogens is 1. The van der Waals surface area contributed by atoms with Crippen LogP contribution >= 0.6 is 0 Å². The number of benzene rings is 2. The Bertz CT molecular complexity index is 877. The summed E-state index contributed by atoms with van der Waals surface area (Å²) in [6.07, 6.45) is 0. The second kappa shape index (κ2) is 8.54. The highest BCUT2D eigenvalue weighted by molar-refractivity contribution is 5.91. The molecule has 2 aromatic rings. The number of ether oxygens (including phenoxy) is 1. The van der Waals surface area contributed by atoms with Crippen LogP contribution in [0.2, 0.25) is 0 Å². The molecule has 0 aliphatic carbocycles. The highest BCUT2D eigenvalue weighted by atomic mass is 16.5. The van der Waals surface area contributed by atoms with Crippen molar-refractivity contribution in [2.45, 2.75) is 20.8 Å². The summed E-state index contributed by atoms with van der Waals surface area (Å²) >= 11 is 0. The van der Waals surface area contributed by atoms with Gasteiger partial charge in [-0.15, -0.1) is 0 Å². The lowest BCUT2D eigenvalue weighted by Gasteiger charge is -2.32. The third-order valence-corrected chi connectivity index (χ3v) is 4.97. The molecule has 3 N–H and O–H groups in total. The lowest BCUT2D eigenvalue weighted by Crippen LogP contribution is -2.99. The monoisotopic (exact) mass is 382 g/mol. The van der Waals surface area contributed by atoms with Gasteiger partial charge in [0.15, 0.2) is 5.75 Å². The summed E-state index contributed by atoms with van der Waals surface area (Å²) in [5, 5.41) is 13.5. The number of nitrogen functional groups attached to an aromatic ring is 1. The number of carbonyl (C=O) groups excluding carboxylic acids is 1. The summed E-state index contributed by atoms with van der Waals surface area (Å²) < 4.78 is 6.09.